The molecule has 1 atom stereocenters. The van der Waals surface area contributed by atoms with Crippen LogP contribution in [0.4, 0.5) is 11.4 Å². The maximum absolute atomic E-state index is 12.7. The van der Waals surface area contributed by atoms with Crippen molar-refractivity contribution in [3.8, 4) is 5.75 Å². The zero-order valence-electron chi connectivity index (χ0n) is 15.6. The van der Waals surface area contributed by atoms with Gasteiger partial charge in [-0.2, -0.15) is 0 Å². The van der Waals surface area contributed by atoms with Crippen LogP contribution < -0.4 is 14.4 Å². The second kappa shape index (κ2) is 7.78. The Morgan fingerprint density at radius 3 is 2.27 bits per heavy atom. The first kappa shape index (κ1) is 19.8. The first-order valence-corrected chi connectivity index (χ1v) is 10.0. The number of carbonyl (C=O) groups is 1. The van der Waals surface area contributed by atoms with E-state index in [9.17, 15) is 13.2 Å². The van der Waals surface area contributed by atoms with Gasteiger partial charge in [0.15, 0.2) is 0 Å². The molecular weight excluding hydrogens is 352 g/mol. The topological polar surface area (TPSA) is 75.7 Å². The summed E-state index contributed by atoms with van der Waals surface area (Å²) in [6, 6.07) is 11.2. The fourth-order valence-corrected chi connectivity index (χ4v) is 3.84. The highest BCUT2D eigenvalue weighted by Gasteiger charge is 2.29. The standard InChI is InChI=1S/C19H24N2O4S/c1-13-7-6-8-18(14(13)2)20-19(22)15(3)21(26(5,23)24)16-9-11-17(25-4)12-10-16/h6-12,15H,1-5H3,(H,20,22)/t15-/m0/s1. The smallest absolute Gasteiger partial charge is 0.248 e. The zero-order chi connectivity index (χ0) is 19.5. The highest BCUT2D eigenvalue weighted by molar-refractivity contribution is 7.92. The van der Waals surface area contributed by atoms with Gasteiger partial charge in [-0.1, -0.05) is 12.1 Å². The van der Waals surface area contributed by atoms with Crippen LogP contribution in [0.25, 0.3) is 0 Å². The SMILES string of the molecule is COc1ccc(N([C@@H](C)C(=O)Nc2cccc(C)c2C)S(C)(=O)=O)cc1. The first-order valence-electron chi connectivity index (χ1n) is 8.15. The molecule has 0 radical (unpaired) electrons. The van der Waals surface area contributed by atoms with Crippen molar-refractivity contribution in [1.82, 2.24) is 0 Å². The fraction of sp³-hybridized carbons (Fsp3) is 0.316. The average molecular weight is 376 g/mol. The Kier molecular flexibility index (Phi) is 5.92. The van der Waals surface area contributed by atoms with E-state index in [1.165, 1.54) is 7.11 Å². The Morgan fingerprint density at radius 2 is 1.73 bits per heavy atom. The van der Waals surface area contributed by atoms with Crippen molar-refractivity contribution in [3.63, 3.8) is 0 Å². The molecular formula is C19H24N2O4S. The number of hydrogen-bond acceptors (Lipinski definition) is 4. The van der Waals surface area contributed by atoms with Gasteiger partial charge in [0, 0.05) is 5.69 Å². The summed E-state index contributed by atoms with van der Waals surface area (Å²) >= 11 is 0. The molecule has 140 valence electrons. The van der Waals surface area contributed by atoms with Crippen LogP contribution in [0.5, 0.6) is 5.75 Å². The summed E-state index contributed by atoms with van der Waals surface area (Å²) in [7, 11) is -2.13. The van der Waals surface area contributed by atoms with Crippen molar-refractivity contribution in [1.29, 1.82) is 0 Å². The molecule has 2 rings (SSSR count). The van der Waals surface area contributed by atoms with Crippen molar-refractivity contribution in [2.45, 2.75) is 26.8 Å². The molecule has 0 spiro atoms. The third-order valence-electron chi connectivity index (χ3n) is 4.28. The highest BCUT2D eigenvalue weighted by Crippen LogP contribution is 2.25. The van der Waals surface area contributed by atoms with Gasteiger partial charge in [-0.3, -0.25) is 9.10 Å². The normalized spacial score (nSPS) is 12.3. The van der Waals surface area contributed by atoms with Gasteiger partial charge in [0.2, 0.25) is 15.9 Å². The Balaban J connectivity index is 2.32. The number of carbonyl (C=O) groups excluding carboxylic acids is 1. The number of methoxy groups -OCH3 is 1. The highest BCUT2D eigenvalue weighted by atomic mass is 32.2. The summed E-state index contributed by atoms with van der Waals surface area (Å²) in [4.78, 5) is 12.7. The van der Waals surface area contributed by atoms with Crippen LogP contribution >= 0.6 is 0 Å². The molecule has 1 amide bonds. The Labute approximate surface area is 154 Å². The number of sulfonamides is 1. The Morgan fingerprint density at radius 1 is 1.12 bits per heavy atom. The number of nitrogens with one attached hydrogen (secondary N) is 1. The number of rotatable bonds is 6. The molecule has 2 aromatic rings. The van der Waals surface area contributed by atoms with E-state index in [1.807, 2.05) is 26.0 Å². The van der Waals surface area contributed by atoms with Gasteiger partial charge in [0.25, 0.3) is 0 Å². The molecule has 7 heteroatoms. The predicted octanol–water partition coefficient (Wildman–Crippen LogP) is 3.11. The van der Waals surface area contributed by atoms with Gasteiger partial charge in [-0.25, -0.2) is 8.42 Å². The summed E-state index contributed by atoms with van der Waals surface area (Å²) in [5.74, 6) is 0.203. The van der Waals surface area contributed by atoms with E-state index in [0.717, 1.165) is 21.7 Å². The maximum Gasteiger partial charge on any atom is 0.248 e. The molecule has 26 heavy (non-hydrogen) atoms. The molecule has 2 aromatic carbocycles. The lowest BCUT2D eigenvalue weighted by atomic mass is 10.1. The van der Waals surface area contributed by atoms with E-state index >= 15 is 0 Å². The minimum absolute atomic E-state index is 0.400. The van der Waals surface area contributed by atoms with Gasteiger partial charge in [-0.05, 0) is 62.2 Å². The molecule has 0 heterocycles. The van der Waals surface area contributed by atoms with Crippen LogP contribution in [0.15, 0.2) is 42.5 Å². The summed E-state index contributed by atoms with van der Waals surface area (Å²) in [5.41, 5.74) is 3.07. The van der Waals surface area contributed by atoms with Crippen molar-refractivity contribution in [2.75, 3.05) is 23.0 Å². The molecule has 0 aliphatic rings. The van der Waals surface area contributed by atoms with Gasteiger partial charge in [0.1, 0.15) is 11.8 Å². The van der Waals surface area contributed by atoms with Crippen molar-refractivity contribution < 1.29 is 17.9 Å². The first-order chi connectivity index (χ1) is 12.1. The van der Waals surface area contributed by atoms with Gasteiger partial charge >= 0.3 is 0 Å². The van der Waals surface area contributed by atoms with Crippen LogP contribution in [-0.4, -0.2) is 33.7 Å². The minimum Gasteiger partial charge on any atom is -0.497 e. The van der Waals surface area contributed by atoms with Crippen molar-refractivity contribution >= 4 is 27.3 Å². The largest absolute Gasteiger partial charge is 0.497 e. The predicted molar refractivity (Wildman–Crippen MR) is 104 cm³/mol. The number of aryl methyl sites for hydroxylation is 1. The molecule has 0 aromatic heterocycles. The molecule has 6 nitrogen and oxygen atoms in total. The second-order valence-corrected chi connectivity index (χ2v) is 8.03. The van der Waals surface area contributed by atoms with E-state index in [4.69, 9.17) is 4.74 Å². The Hall–Kier alpha value is -2.54. The lowest BCUT2D eigenvalue weighted by Crippen LogP contribution is -2.45. The van der Waals surface area contributed by atoms with E-state index in [0.29, 0.717) is 17.1 Å². The summed E-state index contributed by atoms with van der Waals surface area (Å²) in [6.45, 7) is 5.42. The van der Waals surface area contributed by atoms with E-state index < -0.39 is 22.0 Å². The molecule has 0 saturated carbocycles. The quantitative estimate of drug-likeness (QED) is 0.840. The number of hydrogen-bond donors (Lipinski definition) is 1. The Bertz CT molecular complexity index is 892. The van der Waals surface area contributed by atoms with Crippen molar-refractivity contribution in [3.05, 3.63) is 53.6 Å². The van der Waals surface area contributed by atoms with Gasteiger partial charge < -0.3 is 10.1 Å². The lowest BCUT2D eigenvalue weighted by molar-refractivity contribution is -0.116. The lowest BCUT2D eigenvalue weighted by Gasteiger charge is -2.28. The van der Waals surface area contributed by atoms with E-state index in [1.54, 1.807) is 37.3 Å². The van der Waals surface area contributed by atoms with Crippen LogP contribution in [0.2, 0.25) is 0 Å². The second-order valence-electron chi connectivity index (χ2n) is 6.17. The summed E-state index contributed by atoms with van der Waals surface area (Å²) < 4.78 is 30.8. The maximum atomic E-state index is 12.7. The van der Waals surface area contributed by atoms with Crippen molar-refractivity contribution in [2.24, 2.45) is 0 Å². The summed E-state index contributed by atoms with van der Waals surface area (Å²) in [5, 5.41) is 2.83. The molecule has 0 unspecified atom stereocenters. The number of amides is 1. The third kappa shape index (κ3) is 4.35. The van der Waals surface area contributed by atoms with Gasteiger partial charge in [0.05, 0.1) is 19.1 Å². The molecule has 1 N–H and O–H groups in total. The van der Waals surface area contributed by atoms with Crippen LogP contribution in [-0.2, 0) is 14.8 Å². The molecule has 0 fully saturated rings. The van der Waals surface area contributed by atoms with E-state index in [2.05, 4.69) is 5.32 Å². The molecule has 0 bridgehead atoms. The minimum atomic E-state index is -3.66. The number of anilines is 2. The van der Waals surface area contributed by atoms with Gasteiger partial charge in [-0.15, -0.1) is 0 Å². The fourth-order valence-electron chi connectivity index (χ4n) is 2.66. The van der Waals surface area contributed by atoms with Crippen LogP contribution in [0.1, 0.15) is 18.1 Å². The monoisotopic (exact) mass is 376 g/mol. The number of ether oxygens (including phenoxy) is 1. The zero-order valence-corrected chi connectivity index (χ0v) is 16.4. The summed E-state index contributed by atoms with van der Waals surface area (Å²) in [6.07, 6.45) is 1.08. The van der Waals surface area contributed by atoms with Crippen LogP contribution in [0.3, 0.4) is 0 Å². The molecule has 0 aliphatic heterocycles. The molecule has 0 saturated heterocycles. The number of benzene rings is 2. The average Bonchev–Trinajstić information content (AvgIpc) is 2.58. The van der Waals surface area contributed by atoms with E-state index in [-0.39, 0.29) is 0 Å². The number of nitrogens with zero attached hydrogens (tertiary/aromatic N) is 1. The third-order valence-corrected chi connectivity index (χ3v) is 5.52. The molecule has 0 aliphatic carbocycles. The van der Waals surface area contributed by atoms with Crippen LogP contribution in [0, 0.1) is 13.8 Å².